The maximum absolute atomic E-state index is 12.7. The highest BCUT2D eigenvalue weighted by molar-refractivity contribution is 6.05. The number of aromatic nitrogens is 1. The van der Waals surface area contributed by atoms with E-state index in [0.29, 0.717) is 22.6 Å². The Morgan fingerprint density at radius 2 is 2.00 bits per heavy atom. The second kappa shape index (κ2) is 5.86. The van der Waals surface area contributed by atoms with Crippen molar-refractivity contribution < 1.29 is 14.3 Å². The smallest absolute Gasteiger partial charge is 0.324 e. The van der Waals surface area contributed by atoms with Crippen LogP contribution in [0.3, 0.4) is 0 Å². The molecule has 7 nitrogen and oxygen atoms in total. The summed E-state index contributed by atoms with van der Waals surface area (Å²) in [6.45, 7) is 3.91. The number of urea groups is 1. The van der Waals surface area contributed by atoms with Crippen molar-refractivity contribution in [1.82, 2.24) is 9.88 Å². The number of anilines is 2. The van der Waals surface area contributed by atoms with Crippen LogP contribution in [-0.2, 0) is 4.74 Å². The summed E-state index contributed by atoms with van der Waals surface area (Å²) in [5.41, 5.74) is 1.84. The number of fused-ring (bicyclic) bond motifs is 3. The average molecular weight is 338 g/mol. The van der Waals surface area contributed by atoms with E-state index in [-0.39, 0.29) is 18.1 Å². The van der Waals surface area contributed by atoms with Gasteiger partial charge in [0.1, 0.15) is 5.82 Å². The third kappa shape index (κ3) is 2.53. The summed E-state index contributed by atoms with van der Waals surface area (Å²) < 4.78 is 5.96. The zero-order valence-corrected chi connectivity index (χ0v) is 13.9. The monoisotopic (exact) mass is 338 g/mol. The maximum Gasteiger partial charge on any atom is 0.324 e. The Balaban J connectivity index is 1.61. The first-order valence-corrected chi connectivity index (χ1v) is 8.16. The van der Waals surface area contributed by atoms with Gasteiger partial charge < -0.3 is 15.0 Å². The van der Waals surface area contributed by atoms with E-state index in [1.807, 2.05) is 13.8 Å². The van der Waals surface area contributed by atoms with Crippen LogP contribution in [0.2, 0.25) is 0 Å². The molecule has 3 atom stereocenters. The van der Waals surface area contributed by atoms with Gasteiger partial charge >= 0.3 is 6.03 Å². The lowest BCUT2D eigenvalue weighted by Gasteiger charge is -2.19. The van der Waals surface area contributed by atoms with E-state index in [1.54, 1.807) is 47.5 Å². The number of nitrogens with one attached hydrogen (secondary N) is 2. The van der Waals surface area contributed by atoms with Crippen LogP contribution in [0.1, 0.15) is 36.0 Å². The number of benzene rings is 1. The Hall–Kier alpha value is -2.93. The predicted octanol–water partition coefficient (Wildman–Crippen LogP) is 2.99. The minimum Gasteiger partial charge on any atom is -0.349 e. The minimum atomic E-state index is -0.459. The first-order valence-electron chi connectivity index (χ1n) is 8.16. The third-order valence-electron chi connectivity index (χ3n) is 4.69. The number of amides is 3. The van der Waals surface area contributed by atoms with E-state index in [4.69, 9.17) is 4.74 Å². The SMILES string of the molecule is CC1OC2c3c(NC(=O)Nc4ccccn4)cccc3C(=O)N2C1C. The van der Waals surface area contributed by atoms with Gasteiger partial charge in [0.25, 0.3) is 5.91 Å². The van der Waals surface area contributed by atoms with Gasteiger partial charge in [-0.15, -0.1) is 0 Å². The van der Waals surface area contributed by atoms with Crippen LogP contribution in [0.5, 0.6) is 0 Å². The molecule has 2 aliphatic rings. The quantitative estimate of drug-likeness (QED) is 0.882. The molecule has 0 spiro atoms. The predicted molar refractivity (Wildman–Crippen MR) is 92.2 cm³/mol. The van der Waals surface area contributed by atoms with E-state index in [1.165, 1.54) is 0 Å². The Labute approximate surface area is 145 Å². The number of nitrogens with zero attached hydrogens (tertiary/aromatic N) is 2. The van der Waals surface area contributed by atoms with Crippen LogP contribution in [0, 0.1) is 0 Å². The lowest BCUT2D eigenvalue weighted by molar-refractivity contribution is 0.0159. The van der Waals surface area contributed by atoms with Crippen molar-refractivity contribution in [3.63, 3.8) is 0 Å². The molecule has 0 bridgehead atoms. The zero-order valence-electron chi connectivity index (χ0n) is 13.9. The molecular weight excluding hydrogens is 320 g/mol. The van der Waals surface area contributed by atoms with Crippen molar-refractivity contribution in [2.45, 2.75) is 32.2 Å². The number of hydrogen-bond donors (Lipinski definition) is 2. The molecule has 4 rings (SSSR count). The van der Waals surface area contributed by atoms with Gasteiger partial charge in [0.15, 0.2) is 6.23 Å². The first-order chi connectivity index (χ1) is 12.1. The molecule has 3 heterocycles. The molecule has 1 aromatic heterocycles. The number of hydrogen-bond acceptors (Lipinski definition) is 4. The van der Waals surface area contributed by atoms with E-state index in [9.17, 15) is 9.59 Å². The molecule has 2 N–H and O–H groups in total. The van der Waals surface area contributed by atoms with E-state index < -0.39 is 12.3 Å². The van der Waals surface area contributed by atoms with E-state index in [0.717, 1.165) is 0 Å². The fourth-order valence-electron chi connectivity index (χ4n) is 3.29. The summed E-state index contributed by atoms with van der Waals surface area (Å²) in [4.78, 5) is 30.7. The fraction of sp³-hybridized carbons (Fsp3) is 0.278. The third-order valence-corrected chi connectivity index (χ3v) is 4.69. The number of carbonyl (C=O) groups is 2. The standard InChI is InChI=1S/C18H18N4O3/c1-10-11(2)25-17-15-12(16(23)22(10)17)6-5-7-13(15)20-18(24)21-14-8-3-4-9-19-14/h3-11,17H,1-2H3,(H2,19,20,21,24). The van der Waals surface area contributed by atoms with Crippen molar-refractivity contribution in [1.29, 1.82) is 0 Å². The van der Waals surface area contributed by atoms with Gasteiger partial charge in [0.2, 0.25) is 0 Å². The second-order valence-electron chi connectivity index (χ2n) is 6.21. The molecule has 2 aliphatic heterocycles. The number of carbonyl (C=O) groups excluding carboxylic acids is 2. The minimum absolute atomic E-state index is 0.0138. The molecule has 1 saturated heterocycles. The molecule has 1 aromatic carbocycles. The molecule has 0 radical (unpaired) electrons. The average Bonchev–Trinajstić information content (AvgIpc) is 3.04. The van der Waals surface area contributed by atoms with Crippen LogP contribution >= 0.6 is 0 Å². The summed E-state index contributed by atoms with van der Waals surface area (Å²) in [7, 11) is 0. The summed E-state index contributed by atoms with van der Waals surface area (Å²) >= 11 is 0. The Morgan fingerprint density at radius 1 is 1.16 bits per heavy atom. The molecule has 3 amide bonds. The maximum atomic E-state index is 12.7. The fourth-order valence-corrected chi connectivity index (χ4v) is 3.29. The summed E-state index contributed by atoms with van der Waals surface area (Å²) in [5.74, 6) is 0.385. The molecule has 2 aromatic rings. The van der Waals surface area contributed by atoms with E-state index >= 15 is 0 Å². The molecule has 0 aliphatic carbocycles. The van der Waals surface area contributed by atoms with Crippen LogP contribution in [0.25, 0.3) is 0 Å². The van der Waals surface area contributed by atoms with Crippen LogP contribution in [-0.4, -0.2) is 34.0 Å². The van der Waals surface area contributed by atoms with Crippen molar-refractivity contribution >= 4 is 23.4 Å². The summed E-state index contributed by atoms with van der Waals surface area (Å²) in [5, 5.41) is 5.47. The summed E-state index contributed by atoms with van der Waals surface area (Å²) in [6.07, 6.45) is 1.08. The van der Waals surface area contributed by atoms with Gasteiger partial charge in [-0.05, 0) is 38.1 Å². The van der Waals surface area contributed by atoms with Crippen LogP contribution < -0.4 is 10.6 Å². The van der Waals surface area contributed by atoms with Gasteiger partial charge in [-0.2, -0.15) is 0 Å². The Kier molecular flexibility index (Phi) is 3.65. The van der Waals surface area contributed by atoms with Crippen molar-refractivity contribution in [2.75, 3.05) is 10.6 Å². The van der Waals surface area contributed by atoms with Gasteiger partial charge in [0.05, 0.1) is 17.8 Å². The molecule has 128 valence electrons. The number of ether oxygens (including phenoxy) is 1. The lowest BCUT2D eigenvalue weighted by Crippen LogP contribution is -2.33. The van der Waals surface area contributed by atoms with E-state index in [2.05, 4.69) is 15.6 Å². The highest BCUT2D eigenvalue weighted by Gasteiger charge is 2.48. The largest absolute Gasteiger partial charge is 0.349 e. The van der Waals surface area contributed by atoms with Crippen LogP contribution in [0.15, 0.2) is 42.6 Å². The van der Waals surface area contributed by atoms with Gasteiger partial charge in [-0.3, -0.25) is 10.1 Å². The Morgan fingerprint density at radius 3 is 2.76 bits per heavy atom. The van der Waals surface area contributed by atoms with Crippen molar-refractivity contribution in [3.05, 3.63) is 53.7 Å². The van der Waals surface area contributed by atoms with Gasteiger partial charge in [0, 0.05) is 17.3 Å². The number of pyridine rings is 1. The molecule has 3 unspecified atom stereocenters. The number of rotatable bonds is 2. The zero-order chi connectivity index (χ0) is 17.6. The lowest BCUT2D eigenvalue weighted by atomic mass is 10.1. The van der Waals surface area contributed by atoms with Gasteiger partial charge in [-0.1, -0.05) is 12.1 Å². The highest BCUT2D eigenvalue weighted by Crippen LogP contribution is 2.45. The molecule has 25 heavy (non-hydrogen) atoms. The molecule has 7 heteroatoms. The molecular formula is C18H18N4O3. The van der Waals surface area contributed by atoms with Crippen molar-refractivity contribution in [3.8, 4) is 0 Å². The second-order valence-corrected chi connectivity index (χ2v) is 6.21. The normalized spacial score (nSPS) is 24.0. The highest BCUT2D eigenvalue weighted by atomic mass is 16.5. The summed E-state index contributed by atoms with van der Waals surface area (Å²) in [6, 6.07) is 10.1. The Bertz CT molecular complexity index is 839. The van der Waals surface area contributed by atoms with Crippen LogP contribution in [0.4, 0.5) is 16.3 Å². The molecule has 1 fully saturated rings. The first kappa shape index (κ1) is 15.6. The molecule has 0 saturated carbocycles. The van der Waals surface area contributed by atoms with Crippen molar-refractivity contribution in [2.24, 2.45) is 0 Å². The van der Waals surface area contributed by atoms with Gasteiger partial charge in [-0.25, -0.2) is 9.78 Å². The topological polar surface area (TPSA) is 83.6 Å².